The molecule has 0 aromatic rings. The van der Waals surface area contributed by atoms with E-state index in [1.165, 1.54) is 29.3 Å². The van der Waals surface area contributed by atoms with E-state index in [9.17, 15) is 0 Å². The molecule has 0 aromatic carbocycles. The molecule has 0 heterocycles. The van der Waals surface area contributed by atoms with Gasteiger partial charge in [0.1, 0.15) is 0 Å². The van der Waals surface area contributed by atoms with Crippen LogP contribution < -0.4 is 0 Å². The van der Waals surface area contributed by atoms with E-state index < -0.39 is 0 Å². The standard InChI is InChI=1S/C15H23Br/c1-10-8-11-12(9-13(10)16)15(4,5)7-6-14(11,2)3/h9,11H,6-8H2,1-5H3. The van der Waals surface area contributed by atoms with Crippen LogP contribution in [0.4, 0.5) is 0 Å². The van der Waals surface area contributed by atoms with Gasteiger partial charge in [0.05, 0.1) is 0 Å². The first-order valence-electron chi connectivity index (χ1n) is 6.31. The van der Waals surface area contributed by atoms with Crippen LogP contribution in [0.2, 0.25) is 0 Å². The maximum atomic E-state index is 3.71. The van der Waals surface area contributed by atoms with Crippen molar-refractivity contribution in [1.29, 1.82) is 0 Å². The summed E-state index contributed by atoms with van der Waals surface area (Å²) in [5.41, 5.74) is 4.04. The average molecular weight is 283 g/mol. The lowest BCUT2D eigenvalue weighted by atomic mass is 9.55. The van der Waals surface area contributed by atoms with E-state index >= 15 is 0 Å². The van der Waals surface area contributed by atoms with E-state index in [1.54, 1.807) is 5.57 Å². The van der Waals surface area contributed by atoms with Crippen LogP contribution in [0.3, 0.4) is 0 Å². The summed E-state index contributed by atoms with van der Waals surface area (Å²) in [7, 11) is 0. The number of halogens is 1. The fourth-order valence-corrected chi connectivity index (χ4v) is 3.60. The molecular formula is C15H23Br. The van der Waals surface area contributed by atoms with Gasteiger partial charge < -0.3 is 0 Å². The number of hydrogen-bond acceptors (Lipinski definition) is 0. The summed E-state index contributed by atoms with van der Waals surface area (Å²) < 4.78 is 1.32. The molecule has 1 unspecified atom stereocenters. The highest BCUT2D eigenvalue weighted by Crippen LogP contribution is 2.56. The second kappa shape index (κ2) is 3.73. The molecule has 0 amide bonds. The third-order valence-electron chi connectivity index (χ3n) is 4.69. The smallest absolute Gasteiger partial charge is 0.0164 e. The van der Waals surface area contributed by atoms with E-state index in [4.69, 9.17) is 0 Å². The Labute approximate surface area is 108 Å². The van der Waals surface area contributed by atoms with E-state index in [0.717, 1.165) is 5.92 Å². The Balaban J connectivity index is 2.47. The van der Waals surface area contributed by atoms with Gasteiger partial charge in [-0.25, -0.2) is 0 Å². The Bertz CT molecular complexity index is 369. The van der Waals surface area contributed by atoms with Gasteiger partial charge in [-0.15, -0.1) is 0 Å². The van der Waals surface area contributed by atoms with Gasteiger partial charge in [0, 0.05) is 4.48 Å². The third-order valence-corrected chi connectivity index (χ3v) is 5.60. The minimum absolute atomic E-state index is 0.389. The topological polar surface area (TPSA) is 0 Å². The lowest BCUT2D eigenvalue weighted by molar-refractivity contribution is 0.121. The summed E-state index contributed by atoms with van der Waals surface area (Å²) in [5.74, 6) is 0.748. The van der Waals surface area contributed by atoms with Crippen molar-refractivity contribution < 1.29 is 0 Å². The maximum Gasteiger partial charge on any atom is 0.0164 e. The predicted octanol–water partition coefficient (Wildman–Crippen LogP) is 5.45. The minimum atomic E-state index is 0.389. The molecule has 0 bridgehead atoms. The van der Waals surface area contributed by atoms with Crippen LogP contribution in [0, 0.1) is 16.7 Å². The van der Waals surface area contributed by atoms with Gasteiger partial charge in [0.2, 0.25) is 0 Å². The molecule has 0 nitrogen and oxygen atoms in total. The molecule has 2 aliphatic carbocycles. The van der Waals surface area contributed by atoms with Gasteiger partial charge in [-0.05, 0) is 49.0 Å². The molecule has 1 atom stereocenters. The van der Waals surface area contributed by atoms with Crippen molar-refractivity contribution in [1.82, 2.24) is 0 Å². The highest BCUT2D eigenvalue weighted by Gasteiger charge is 2.44. The zero-order valence-corrected chi connectivity index (χ0v) is 12.7. The van der Waals surface area contributed by atoms with Gasteiger partial charge in [0.15, 0.2) is 0 Å². The molecule has 1 saturated carbocycles. The van der Waals surface area contributed by atoms with Crippen LogP contribution in [0.1, 0.15) is 53.9 Å². The number of rotatable bonds is 0. The first-order chi connectivity index (χ1) is 7.24. The normalized spacial score (nSPS) is 32.1. The fraction of sp³-hybridized carbons (Fsp3) is 0.733. The van der Waals surface area contributed by atoms with Gasteiger partial charge in [-0.2, -0.15) is 0 Å². The van der Waals surface area contributed by atoms with E-state index in [2.05, 4.69) is 56.6 Å². The van der Waals surface area contributed by atoms with Crippen molar-refractivity contribution in [3.05, 3.63) is 21.7 Å². The van der Waals surface area contributed by atoms with Gasteiger partial charge in [-0.3, -0.25) is 0 Å². The lowest BCUT2D eigenvalue weighted by Gasteiger charge is -2.50. The molecule has 2 rings (SSSR count). The van der Waals surface area contributed by atoms with Crippen LogP contribution in [0.25, 0.3) is 0 Å². The minimum Gasteiger partial charge on any atom is -0.0595 e. The molecule has 0 aromatic heterocycles. The molecule has 16 heavy (non-hydrogen) atoms. The zero-order valence-electron chi connectivity index (χ0n) is 11.2. The summed E-state index contributed by atoms with van der Waals surface area (Å²) in [4.78, 5) is 0. The summed E-state index contributed by atoms with van der Waals surface area (Å²) in [6.45, 7) is 11.9. The van der Waals surface area contributed by atoms with E-state index in [0.29, 0.717) is 10.8 Å². The Morgan fingerprint density at radius 3 is 2.44 bits per heavy atom. The molecule has 1 heteroatoms. The van der Waals surface area contributed by atoms with Gasteiger partial charge in [0.25, 0.3) is 0 Å². The highest BCUT2D eigenvalue weighted by molar-refractivity contribution is 9.11. The molecule has 1 fully saturated rings. The zero-order chi connectivity index (χ0) is 12.1. The first kappa shape index (κ1) is 12.4. The van der Waals surface area contributed by atoms with Crippen LogP contribution in [-0.2, 0) is 0 Å². The number of fused-ring (bicyclic) bond motifs is 1. The van der Waals surface area contributed by atoms with Crippen molar-refractivity contribution in [2.75, 3.05) is 0 Å². The lowest BCUT2D eigenvalue weighted by Crippen LogP contribution is -2.39. The van der Waals surface area contributed by atoms with E-state index in [-0.39, 0.29) is 0 Å². The van der Waals surface area contributed by atoms with E-state index in [1.807, 2.05) is 0 Å². The van der Waals surface area contributed by atoms with Crippen LogP contribution in [-0.4, -0.2) is 0 Å². The Kier molecular flexibility index (Phi) is 2.89. The summed E-state index contributed by atoms with van der Waals surface area (Å²) in [5, 5.41) is 0. The maximum absolute atomic E-state index is 3.71. The van der Waals surface area contributed by atoms with Crippen LogP contribution in [0.5, 0.6) is 0 Å². The average Bonchev–Trinajstić information content (AvgIpc) is 2.17. The molecular weight excluding hydrogens is 260 g/mol. The van der Waals surface area contributed by atoms with Crippen molar-refractivity contribution in [3.8, 4) is 0 Å². The molecule has 0 spiro atoms. The largest absolute Gasteiger partial charge is 0.0595 e. The Morgan fingerprint density at radius 1 is 1.19 bits per heavy atom. The fourth-order valence-electron chi connectivity index (χ4n) is 3.19. The van der Waals surface area contributed by atoms with Crippen LogP contribution in [0.15, 0.2) is 21.7 Å². The molecule has 0 aliphatic heterocycles. The third kappa shape index (κ3) is 1.92. The van der Waals surface area contributed by atoms with Crippen molar-refractivity contribution in [3.63, 3.8) is 0 Å². The molecule has 0 radical (unpaired) electrons. The first-order valence-corrected chi connectivity index (χ1v) is 7.11. The Hall–Kier alpha value is -0.0400. The molecule has 2 aliphatic rings. The second-order valence-corrected chi connectivity index (χ2v) is 7.71. The SMILES string of the molecule is CC1=C(Br)C=C2C(C1)C(C)(C)CCC2(C)C. The van der Waals surface area contributed by atoms with Crippen molar-refractivity contribution in [2.24, 2.45) is 16.7 Å². The number of hydrogen-bond donors (Lipinski definition) is 0. The molecule has 0 saturated heterocycles. The quantitative estimate of drug-likeness (QED) is 0.554. The second-order valence-electron chi connectivity index (χ2n) is 6.86. The highest BCUT2D eigenvalue weighted by atomic mass is 79.9. The molecule has 90 valence electrons. The molecule has 0 N–H and O–H groups in total. The number of allylic oxidation sites excluding steroid dienone is 4. The summed E-state index contributed by atoms with van der Waals surface area (Å²) in [6.07, 6.45) is 6.32. The van der Waals surface area contributed by atoms with Crippen LogP contribution >= 0.6 is 15.9 Å². The monoisotopic (exact) mass is 282 g/mol. The predicted molar refractivity (Wildman–Crippen MR) is 74.6 cm³/mol. The summed E-state index contributed by atoms with van der Waals surface area (Å²) >= 11 is 3.71. The van der Waals surface area contributed by atoms with Crippen molar-refractivity contribution >= 4 is 15.9 Å². The summed E-state index contributed by atoms with van der Waals surface area (Å²) in [6, 6.07) is 0. The van der Waals surface area contributed by atoms with Gasteiger partial charge >= 0.3 is 0 Å². The van der Waals surface area contributed by atoms with Crippen molar-refractivity contribution in [2.45, 2.75) is 53.9 Å². The Morgan fingerprint density at radius 2 is 1.81 bits per heavy atom. The van der Waals surface area contributed by atoms with Gasteiger partial charge in [-0.1, -0.05) is 54.8 Å².